The predicted octanol–water partition coefficient (Wildman–Crippen LogP) is 3.82. The molecule has 1 aliphatic rings. The molecule has 0 saturated carbocycles. The summed E-state index contributed by atoms with van der Waals surface area (Å²) in [6.07, 6.45) is -4.91. The Labute approximate surface area is 114 Å². The Hall–Kier alpha value is -1.51. The Morgan fingerprint density at radius 1 is 1.00 bits per heavy atom. The van der Waals surface area contributed by atoms with Crippen molar-refractivity contribution in [2.75, 3.05) is 13.2 Å². The first-order valence-corrected chi connectivity index (χ1v) is 5.91. The summed E-state index contributed by atoms with van der Waals surface area (Å²) in [7, 11) is 0. The van der Waals surface area contributed by atoms with Crippen LogP contribution in [-0.2, 0) is 10.9 Å². The zero-order valence-corrected chi connectivity index (χ0v) is 10.4. The molecule has 0 N–H and O–H groups in total. The zero-order chi connectivity index (χ0) is 15.8. The van der Waals surface area contributed by atoms with Gasteiger partial charge in [-0.25, -0.2) is 8.78 Å². The highest BCUT2D eigenvalue weighted by molar-refractivity contribution is 5.36. The smallest absolute Gasteiger partial charge is 0.422 e. The zero-order valence-electron chi connectivity index (χ0n) is 10.4. The van der Waals surface area contributed by atoms with E-state index in [4.69, 9.17) is 4.74 Å². The third kappa shape index (κ3) is 3.07. The Morgan fingerprint density at radius 3 is 2.00 bits per heavy atom. The molecule has 1 aromatic carbocycles. The Bertz CT molecular complexity index is 506. The molecule has 2 nitrogen and oxygen atoms in total. The number of ether oxygens (including phenoxy) is 2. The highest BCUT2D eigenvalue weighted by Gasteiger charge is 2.42. The van der Waals surface area contributed by atoms with Crippen LogP contribution in [0.5, 0.6) is 5.75 Å². The molecule has 118 valence electrons. The first kappa shape index (κ1) is 15.9. The fourth-order valence-corrected chi connectivity index (χ4v) is 1.94. The van der Waals surface area contributed by atoms with Crippen LogP contribution in [0.25, 0.3) is 0 Å². The summed E-state index contributed by atoms with van der Waals surface area (Å²) < 4.78 is 100. The number of halogens is 7. The van der Waals surface area contributed by atoms with Crippen LogP contribution in [0, 0.1) is 23.3 Å². The van der Waals surface area contributed by atoms with E-state index in [2.05, 4.69) is 4.74 Å². The number of alkyl halides is 3. The van der Waals surface area contributed by atoms with Crippen molar-refractivity contribution < 1.29 is 40.2 Å². The minimum Gasteiger partial charge on any atom is -0.485 e. The van der Waals surface area contributed by atoms with Gasteiger partial charge in [0.2, 0.25) is 11.6 Å². The normalized spacial score (nSPS) is 19.1. The molecule has 0 bridgehead atoms. The van der Waals surface area contributed by atoms with Gasteiger partial charge in [-0.3, -0.25) is 0 Å². The maximum absolute atomic E-state index is 13.5. The second kappa shape index (κ2) is 5.70. The monoisotopic (exact) mass is 318 g/mol. The van der Waals surface area contributed by atoms with E-state index in [-0.39, 0.29) is 0 Å². The number of hydrogen-bond acceptors (Lipinski definition) is 2. The van der Waals surface area contributed by atoms with Crippen LogP contribution >= 0.6 is 0 Å². The Kier molecular flexibility index (Phi) is 4.31. The summed E-state index contributed by atoms with van der Waals surface area (Å²) in [6.45, 7) is -0.0210. The fraction of sp³-hybridized carbons (Fsp3) is 0.500. The molecule has 9 heteroatoms. The molecule has 2 rings (SSSR count). The van der Waals surface area contributed by atoms with Gasteiger partial charge in [-0.15, -0.1) is 0 Å². The molecule has 1 atom stereocenters. The highest BCUT2D eigenvalue weighted by atomic mass is 19.4. The standard InChI is InChI=1S/C12H9F7O2/c13-7-6(12(17,18)19)8(14)10(16)11(9(7)15)21-4-5-2-1-3-20-5/h5H,1-4H2. The van der Waals surface area contributed by atoms with Gasteiger partial charge in [0.05, 0.1) is 6.10 Å². The first-order chi connectivity index (χ1) is 9.73. The molecule has 1 unspecified atom stereocenters. The lowest BCUT2D eigenvalue weighted by Crippen LogP contribution is -2.20. The Morgan fingerprint density at radius 2 is 1.57 bits per heavy atom. The van der Waals surface area contributed by atoms with Crippen molar-refractivity contribution in [2.45, 2.75) is 25.1 Å². The van der Waals surface area contributed by atoms with Crippen LogP contribution in [0.4, 0.5) is 30.7 Å². The second-order valence-corrected chi connectivity index (χ2v) is 4.40. The lowest BCUT2D eigenvalue weighted by molar-refractivity contribution is -0.143. The van der Waals surface area contributed by atoms with Crippen molar-refractivity contribution in [3.63, 3.8) is 0 Å². The lowest BCUT2D eigenvalue weighted by atomic mass is 10.1. The molecule has 0 spiro atoms. The van der Waals surface area contributed by atoms with Gasteiger partial charge in [0.25, 0.3) is 0 Å². The van der Waals surface area contributed by atoms with Gasteiger partial charge in [0.1, 0.15) is 12.2 Å². The minimum atomic E-state index is -5.57. The Balaban J connectivity index is 2.34. The van der Waals surface area contributed by atoms with E-state index in [0.29, 0.717) is 19.4 Å². The average Bonchev–Trinajstić information content (AvgIpc) is 2.88. The minimum absolute atomic E-state index is 0.398. The summed E-state index contributed by atoms with van der Waals surface area (Å²) in [5.41, 5.74) is -2.62. The molecule has 21 heavy (non-hydrogen) atoms. The fourth-order valence-electron chi connectivity index (χ4n) is 1.94. The molecule has 1 fully saturated rings. The number of benzene rings is 1. The molecule has 0 aliphatic carbocycles. The SMILES string of the molecule is Fc1c(F)c(C(F)(F)F)c(F)c(F)c1OCC1CCCO1. The maximum Gasteiger partial charge on any atom is 0.422 e. The molecule has 1 heterocycles. The van der Waals surface area contributed by atoms with Crippen molar-refractivity contribution in [1.82, 2.24) is 0 Å². The van der Waals surface area contributed by atoms with Crippen molar-refractivity contribution in [2.24, 2.45) is 0 Å². The van der Waals surface area contributed by atoms with E-state index in [0.717, 1.165) is 0 Å². The van der Waals surface area contributed by atoms with Crippen LogP contribution in [0.2, 0.25) is 0 Å². The molecule has 1 aliphatic heterocycles. The second-order valence-electron chi connectivity index (χ2n) is 4.40. The average molecular weight is 318 g/mol. The van der Waals surface area contributed by atoms with Gasteiger partial charge in [-0.05, 0) is 12.8 Å². The van der Waals surface area contributed by atoms with Gasteiger partial charge in [-0.1, -0.05) is 0 Å². The lowest BCUT2D eigenvalue weighted by Gasteiger charge is -2.16. The molecule has 1 saturated heterocycles. The van der Waals surface area contributed by atoms with Crippen molar-refractivity contribution in [1.29, 1.82) is 0 Å². The van der Waals surface area contributed by atoms with Crippen LogP contribution in [-0.4, -0.2) is 19.3 Å². The quantitative estimate of drug-likeness (QED) is 0.623. The van der Waals surface area contributed by atoms with E-state index in [9.17, 15) is 30.7 Å². The number of hydrogen-bond donors (Lipinski definition) is 0. The van der Waals surface area contributed by atoms with Crippen LogP contribution in [0.1, 0.15) is 18.4 Å². The highest BCUT2D eigenvalue weighted by Crippen LogP contribution is 2.39. The molecule has 0 amide bonds. The third-order valence-corrected chi connectivity index (χ3v) is 2.94. The van der Waals surface area contributed by atoms with Gasteiger partial charge >= 0.3 is 6.18 Å². The van der Waals surface area contributed by atoms with E-state index in [1.165, 1.54) is 0 Å². The largest absolute Gasteiger partial charge is 0.485 e. The summed E-state index contributed by atoms with van der Waals surface area (Å²) >= 11 is 0. The van der Waals surface area contributed by atoms with Crippen molar-refractivity contribution in [3.05, 3.63) is 28.8 Å². The number of rotatable bonds is 3. The van der Waals surface area contributed by atoms with Gasteiger partial charge < -0.3 is 9.47 Å². The van der Waals surface area contributed by atoms with Gasteiger partial charge in [-0.2, -0.15) is 22.0 Å². The maximum atomic E-state index is 13.5. The van der Waals surface area contributed by atoms with Gasteiger partial charge in [0, 0.05) is 6.61 Å². The summed E-state index contributed by atoms with van der Waals surface area (Å²) in [4.78, 5) is 0. The molecule has 0 aromatic heterocycles. The van der Waals surface area contributed by atoms with E-state index < -0.39 is 53.5 Å². The predicted molar refractivity (Wildman–Crippen MR) is 55.7 cm³/mol. The topological polar surface area (TPSA) is 18.5 Å². The molecular formula is C12H9F7O2. The van der Waals surface area contributed by atoms with Crippen LogP contribution in [0.15, 0.2) is 0 Å². The van der Waals surface area contributed by atoms with E-state index >= 15 is 0 Å². The van der Waals surface area contributed by atoms with Gasteiger partial charge in [0.15, 0.2) is 17.4 Å². The van der Waals surface area contributed by atoms with E-state index in [1.54, 1.807) is 0 Å². The first-order valence-electron chi connectivity index (χ1n) is 5.91. The third-order valence-electron chi connectivity index (χ3n) is 2.94. The van der Waals surface area contributed by atoms with Crippen molar-refractivity contribution in [3.8, 4) is 5.75 Å². The molecule has 1 aromatic rings. The van der Waals surface area contributed by atoms with E-state index in [1.807, 2.05) is 0 Å². The van der Waals surface area contributed by atoms with Crippen LogP contribution < -0.4 is 4.74 Å². The summed E-state index contributed by atoms with van der Waals surface area (Å²) in [6, 6.07) is 0. The van der Waals surface area contributed by atoms with Crippen LogP contribution in [0.3, 0.4) is 0 Å². The van der Waals surface area contributed by atoms with Crippen molar-refractivity contribution >= 4 is 0 Å². The summed E-state index contributed by atoms with van der Waals surface area (Å²) in [5.74, 6) is -11.0. The summed E-state index contributed by atoms with van der Waals surface area (Å²) in [5, 5.41) is 0. The molecular weight excluding hydrogens is 309 g/mol. The molecule has 0 radical (unpaired) electrons.